The molecule has 0 bridgehead atoms. The molecule has 2 aliphatic heterocycles. The monoisotopic (exact) mass is 320 g/mol. The summed E-state index contributed by atoms with van der Waals surface area (Å²) in [4.78, 5) is 10.5. The molecule has 7 atom stereocenters. The number of aliphatic hydroxyl groups is 4. The summed E-state index contributed by atoms with van der Waals surface area (Å²) < 4.78 is 11.3. The van der Waals surface area contributed by atoms with Crippen molar-refractivity contribution in [2.24, 2.45) is 0 Å². The van der Waals surface area contributed by atoms with Crippen LogP contribution in [-0.2, 0) is 19.2 Å². The molecule has 2 saturated heterocycles. The van der Waals surface area contributed by atoms with Gasteiger partial charge in [0.25, 0.3) is 0 Å². The summed E-state index contributed by atoms with van der Waals surface area (Å²) in [6.07, 6.45) is -2.05. The topological polar surface area (TPSA) is 118 Å². The second-order valence-corrected chi connectivity index (χ2v) is 6.29. The second-order valence-electron chi connectivity index (χ2n) is 6.29. The molecule has 0 amide bonds. The highest BCUT2D eigenvalue weighted by molar-refractivity contribution is 4.96. The summed E-state index contributed by atoms with van der Waals surface area (Å²) in [7, 11) is 0. The van der Waals surface area contributed by atoms with E-state index in [1.807, 2.05) is 0 Å². The van der Waals surface area contributed by atoms with Crippen molar-refractivity contribution in [3.63, 3.8) is 0 Å². The third-order valence-electron chi connectivity index (χ3n) is 4.86. The van der Waals surface area contributed by atoms with Crippen molar-refractivity contribution in [2.75, 3.05) is 13.2 Å². The predicted octanol–water partition coefficient (Wildman–Crippen LogP) is -1.16. The number of aliphatic hydroxyl groups excluding tert-OH is 4. The smallest absolute Gasteiger partial charge is 0.187 e. The van der Waals surface area contributed by atoms with Crippen LogP contribution in [0.25, 0.3) is 0 Å². The highest BCUT2D eigenvalue weighted by atomic mass is 17.2. The summed E-state index contributed by atoms with van der Waals surface area (Å²) in [6.45, 7) is -0.0616. The van der Waals surface area contributed by atoms with E-state index in [9.17, 15) is 15.3 Å². The van der Waals surface area contributed by atoms with E-state index in [4.69, 9.17) is 24.4 Å². The Morgan fingerprint density at radius 1 is 1.18 bits per heavy atom. The van der Waals surface area contributed by atoms with E-state index in [0.29, 0.717) is 13.0 Å². The lowest BCUT2D eigenvalue weighted by Crippen LogP contribution is -2.49. The highest BCUT2D eigenvalue weighted by Crippen LogP contribution is 2.41. The van der Waals surface area contributed by atoms with Gasteiger partial charge in [-0.1, -0.05) is 12.8 Å². The van der Waals surface area contributed by atoms with Crippen LogP contribution in [0.15, 0.2) is 0 Å². The molecule has 0 aromatic rings. The Hall–Kier alpha value is -0.320. The van der Waals surface area contributed by atoms with E-state index < -0.39 is 42.9 Å². The molecular formula is C14H24O8. The van der Waals surface area contributed by atoms with Crippen molar-refractivity contribution in [3.05, 3.63) is 0 Å². The van der Waals surface area contributed by atoms with E-state index in [0.717, 1.165) is 25.7 Å². The van der Waals surface area contributed by atoms with Gasteiger partial charge in [-0.3, -0.25) is 0 Å². The Kier molecular flexibility index (Phi) is 5.01. The third-order valence-corrected chi connectivity index (χ3v) is 4.86. The van der Waals surface area contributed by atoms with E-state index >= 15 is 0 Å². The van der Waals surface area contributed by atoms with Crippen LogP contribution in [0.5, 0.6) is 0 Å². The highest BCUT2D eigenvalue weighted by Gasteiger charge is 2.52. The number of ether oxygens (including phenoxy) is 2. The van der Waals surface area contributed by atoms with Crippen LogP contribution in [0, 0.1) is 0 Å². The molecule has 3 rings (SSSR count). The Morgan fingerprint density at radius 3 is 2.68 bits per heavy atom. The molecular weight excluding hydrogens is 296 g/mol. The maximum atomic E-state index is 10.1. The molecule has 4 N–H and O–H groups in total. The Morgan fingerprint density at radius 2 is 2.00 bits per heavy atom. The zero-order valence-electron chi connectivity index (χ0n) is 12.3. The minimum atomic E-state index is -1.31. The molecule has 0 aromatic heterocycles. The first-order chi connectivity index (χ1) is 10.6. The predicted molar refractivity (Wildman–Crippen MR) is 71.5 cm³/mol. The van der Waals surface area contributed by atoms with Gasteiger partial charge >= 0.3 is 0 Å². The van der Waals surface area contributed by atoms with Gasteiger partial charge in [0.15, 0.2) is 6.29 Å². The van der Waals surface area contributed by atoms with Crippen molar-refractivity contribution in [3.8, 4) is 0 Å². The summed E-state index contributed by atoms with van der Waals surface area (Å²) in [5.41, 5.74) is -0.528. The van der Waals surface area contributed by atoms with Gasteiger partial charge in [0.05, 0.1) is 19.3 Å². The molecule has 22 heavy (non-hydrogen) atoms. The quantitative estimate of drug-likeness (QED) is 0.479. The summed E-state index contributed by atoms with van der Waals surface area (Å²) >= 11 is 0. The van der Waals surface area contributed by atoms with Crippen LogP contribution in [0.3, 0.4) is 0 Å². The van der Waals surface area contributed by atoms with Crippen molar-refractivity contribution < 1.29 is 39.7 Å². The van der Waals surface area contributed by atoms with Gasteiger partial charge in [-0.2, -0.15) is 0 Å². The molecule has 1 spiro atoms. The minimum absolute atomic E-state index is 0.305. The Bertz CT molecular complexity index is 372. The first kappa shape index (κ1) is 16.5. The molecule has 0 aromatic carbocycles. The zero-order valence-corrected chi connectivity index (χ0v) is 12.3. The molecule has 2 heterocycles. The second kappa shape index (κ2) is 6.66. The minimum Gasteiger partial charge on any atom is -0.394 e. The molecule has 1 aliphatic carbocycles. The van der Waals surface area contributed by atoms with E-state index in [2.05, 4.69) is 0 Å². The van der Waals surface area contributed by atoms with Crippen molar-refractivity contribution in [1.29, 1.82) is 0 Å². The van der Waals surface area contributed by atoms with Crippen molar-refractivity contribution in [2.45, 2.75) is 74.5 Å². The average Bonchev–Trinajstić information content (AvgIpc) is 3.10. The fourth-order valence-corrected chi connectivity index (χ4v) is 3.53. The molecule has 2 unspecified atom stereocenters. The van der Waals surface area contributed by atoms with Crippen LogP contribution < -0.4 is 0 Å². The van der Waals surface area contributed by atoms with Crippen molar-refractivity contribution >= 4 is 0 Å². The van der Waals surface area contributed by atoms with Gasteiger partial charge in [0.2, 0.25) is 0 Å². The lowest BCUT2D eigenvalue weighted by Gasteiger charge is -2.39. The first-order valence-electron chi connectivity index (χ1n) is 7.84. The molecule has 3 aliphatic rings. The normalized spacial score (nSPS) is 47.2. The molecule has 8 nitrogen and oxygen atoms in total. The van der Waals surface area contributed by atoms with E-state index in [-0.39, 0.29) is 6.10 Å². The zero-order chi connectivity index (χ0) is 15.7. The standard InChI is InChI=1S/C14H24O8/c15-7-8(16)12-10(17)11(18)13(21-12)20-9-3-1-2-4-14(9)5-6-19-22-14/h8-13,15-18H,1-7H2/t8-,9?,10-,11-,12-,13+,14?/m1/s1. The molecule has 128 valence electrons. The van der Waals surface area contributed by atoms with Crippen LogP contribution in [0.1, 0.15) is 32.1 Å². The fraction of sp³-hybridized carbons (Fsp3) is 1.00. The van der Waals surface area contributed by atoms with Gasteiger partial charge in [-0.25, -0.2) is 9.78 Å². The Labute approximate surface area is 128 Å². The van der Waals surface area contributed by atoms with Crippen LogP contribution in [0.2, 0.25) is 0 Å². The average molecular weight is 320 g/mol. The molecule has 8 heteroatoms. The van der Waals surface area contributed by atoms with Crippen LogP contribution >= 0.6 is 0 Å². The molecule has 3 fully saturated rings. The lowest BCUT2D eigenvalue weighted by atomic mass is 9.80. The van der Waals surface area contributed by atoms with Crippen LogP contribution in [-0.4, -0.2) is 76.1 Å². The molecule has 1 saturated carbocycles. The number of hydrogen-bond donors (Lipinski definition) is 4. The van der Waals surface area contributed by atoms with E-state index in [1.54, 1.807) is 0 Å². The third kappa shape index (κ3) is 2.90. The van der Waals surface area contributed by atoms with E-state index in [1.165, 1.54) is 0 Å². The maximum absolute atomic E-state index is 10.1. The number of rotatable bonds is 4. The SMILES string of the molecule is OC[C@@H](O)[C@H]1O[C@H](OC2CCCCC23CCOO3)[C@H](O)[C@H]1O. The van der Waals surface area contributed by atoms with Crippen LogP contribution in [0.4, 0.5) is 0 Å². The number of hydrogen-bond acceptors (Lipinski definition) is 8. The van der Waals surface area contributed by atoms with Crippen molar-refractivity contribution in [1.82, 2.24) is 0 Å². The summed E-state index contributed by atoms with van der Waals surface area (Å²) in [6, 6.07) is 0. The first-order valence-corrected chi connectivity index (χ1v) is 7.84. The van der Waals surface area contributed by atoms with Gasteiger partial charge < -0.3 is 29.9 Å². The van der Waals surface area contributed by atoms with Gasteiger partial charge in [-0.05, 0) is 12.8 Å². The molecule has 0 radical (unpaired) electrons. The summed E-state index contributed by atoms with van der Waals surface area (Å²) in [5.74, 6) is 0. The largest absolute Gasteiger partial charge is 0.394 e. The lowest BCUT2D eigenvalue weighted by molar-refractivity contribution is -0.349. The van der Waals surface area contributed by atoms with Gasteiger partial charge in [0, 0.05) is 6.42 Å². The maximum Gasteiger partial charge on any atom is 0.187 e. The van der Waals surface area contributed by atoms with Gasteiger partial charge in [0.1, 0.15) is 30.0 Å². The van der Waals surface area contributed by atoms with Gasteiger partial charge in [-0.15, -0.1) is 0 Å². The fourth-order valence-electron chi connectivity index (χ4n) is 3.53. The Balaban J connectivity index is 1.67. The summed E-state index contributed by atoms with van der Waals surface area (Å²) in [5, 5.41) is 38.6.